The Morgan fingerprint density at radius 2 is 1.75 bits per heavy atom. The van der Waals surface area contributed by atoms with Gasteiger partial charge in [-0.1, -0.05) is 26.0 Å². The minimum absolute atomic E-state index is 0.228. The van der Waals surface area contributed by atoms with E-state index in [9.17, 15) is 9.18 Å². The highest BCUT2D eigenvalue weighted by molar-refractivity contribution is 7.80. The topological polar surface area (TPSA) is 40.0 Å². The second kappa shape index (κ2) is 9.65. The van der Waals surface area contributed by atoms with Crippen LogP contribution in [0.1, 0.15) is 25.8 Å². The normalized spacial score (nSPS) is 23.5. The SMILES string of the molecule is C[C@@H]1C[C@@H](C)CN(C(=O)C[NH+]2CCN(C(=S)NCc3ccc(F)cc3)CC2)C1. The zero-order valence-electron chi connectivity index (χ0n) is 16.9. The summed E-state index contributed by atoms with van der Waals surface area (Å²) in [6.45, 7) is 11.0. The van der Waals surface area contributed by atoms with Gasteiger partial charge in [-0.3, -0.25) is 4.79 Å². The van der Waals surface area contributed by atoms with Crippen LogP contribution in [-0.4, -0.2) is 66.6 Å². The summed E-state index contributed by atoms with van der Waals surface area (Å²) in [5, 5.41) is 3.99. The number of amides is 1. The van der Waals surface area contributed by atoms with Crippen molar-refractivity contribution < 1.29 is 14.1 Å². The van der Waals surface area contributed by atoms with E-state index in [0.717, 1.165) is 49.9 Å². The first-order chi connectivity index (χ1) is 13.4. The van der Waals surface area contributed by atoms with E-state index in [2.05, 4.69) is 29.0 Å². The van der Waals surface area contributed by atoms with Crippen LogP contribution in [0.15, 0.2) is 24.3 Å². The maximum atomic E-state index is 13.0. The molecule has 0 spiro atoms. The Morgan fingerprint density at radius 1 is 1.14 bits per heavy atom. The van der Waals surface area contributed by atoms with Crippen LogP contribution in [0.4, 0.5) is 4.39 Å². The Kier molecular flexibility index (Phi) is 7.24. The van der Waals surface area contributed by atoms with Crippen molar-refractivity contribution in [3.05, 3.63) is 35.6 Å². The molecule has 0 aliphatic carbocycles. The zero-order valence-corrected chi connectivity index (χ0v) is 17.7. The van der Waals surface area contributed by atoms with Crippen LogP contribution in [0.2, 0.25) is 0 Å². The van der Waals surface area contributed by atoms with Gasteiger partial charge < -0.3 is 20.0 Å². The number of rotatable bonds is 4. The molecule has 1 amide bonds. The van der Waals surface area contributed by atoms with E-state index >= 15 is 0 Å². The molecular formula is C21H32FN4OS+. The van der Waals surface area contributed by atoms with Crippen LogP contribution in [0.25, 0.3) is 0 Å². The molecule has 154 valence electrons. The molecule has 1 aromatic carbocycles. The Hall–Kier alpha value is -1.73. The number of halogens is 1. The highest BCUT2D eigenvalue weighted by Crippen LogP contribution is 2.20. The molecular weight excluding hydrogens is 375 g/mol. The van der Waals surface area contributed by atoms with Crippen molar-refractivity contribution >= 4 is 23.2 Å². The number of quaternary nitrogens is 1. The molecule has 2 saturated heterocycles. The zero-order chi connectivity index (χ0) is 20.1. The van der Waals surface area contributed by atoms with Crippen molar-refractivity contribution in [3.8, 4) is 0 Å². The molecule has 2 N–H and O–H groups in total. The van der Waals surface area contributed by atoms with Crippen molar-refractivity contribution in [1.82, 2.24) is 15.1 Å². The molecule has 5 nitrogen and oxygen atoms in total. The molecule has 0 radical (unpaired) electrons. The number of nitrogens with zero attached hydrogens (tertiary/aromatic N) is 2. The van der Waals surface area contributed by atoms with E-state index < -0.39 is 0 Å². The number of nitrogens with one attached hydrogen (secondary N) is 2. The predicted octanol–water partition coefficient (Wildman–Crippen LogP) is 0.905. The fourth-order valence-electron chi connectivity index (χ4n) is 4.29. The lowest BCUT2D eigenvalue weighted by molar-refractivity contribution is -0.896. The molecule has 2 atom stereocenters. The number of thiocarbonyl (C=S) groups is 1. The average molecular weight is 408 g/mol. The fraction of sp³-hybridized carbons (Fsp3) is 0.619. The molecule has 3 rings (SSSR count). The maximum absolute atomic E-state index is 13.0. The van der Waals surface area contributed by atoms with Gasteiger partial charge in [-0.25, -0.2) is 4.39 Å². The Bertz CT molecular complexity index is 665. The lowest BCUT2D eigenvalue weighted by atomic mass is 9.92. The number of hydrogen-bond acceptors (Lipinski definition) is 2. The van der Waals surface area contributed by atoms with Gasteiger partial charge in [0.15, 0.2) is 11.7 Å². The molecule has 2 aliphatic heterocycles. The summed E-state index contributed by atoms with van der Waals surface area (Å²) in [6, 6.07) is 6.45. The van der Waals surface area contributed by atoms with Crippen molar-refractivity contribution in [2.24, 2.45) is 11.8 Å². The van der Waals surface area contributed by atoms with Crippen LogP contribution < -0.4 is 10.2 Å². The van der Waals surface area contributed by atoms with Crippen LogP contribution in [0.5, 0.6) is 0 Å². The minimum Gasteiger partial charge on any atom is -0.358 e. The van der Waals surface area contributed by atoms with Crippen LogP contribution in [-0.2, 0) is 11.3 Å². The molecule has 2 aliphatic rings. The highest BCUT2D eigenvalue weighted by atomic mass is 32.1. The van der Waals surface area contributed by atoms with Gasteiger partial charge in [0.05, 0.1) is 26.2 Å². The van der Waals surface area contributed by atoms with Crippen molar-refractivity contribution in [1.29, 1.82) is 0 Å². The quantitative estimate of drug-likeness (QED) is 0.728. The van der Waals surface area contributed by atoms with Gasteiger partial charge >= 0.3 is 0 Å². The molecule has 0 aromatic heterocycles. The smallest absolute Gasteiger partial charge is 0.277 e. The van der Waals surface area contributed by atoms with Gasteiger partial charge in [0.25, 0.3) is 5.91 Å². The summed E-state index contributed by atoms with van der Waals surface area (Å²) in [4.78, 5) is 18.3. The van der Waals surface area contributed by atoms with E-state index in [0.29, 0.717) is 30.8 Å². The number of carbonyl (C=O) groups excluding carboxylic acids is 1. The monoisotopic (exact) mass is 407 g/mol. The average Bonchev–Trinajstić information content (AvgIpc) is 2.67. The van der Waals surface area contributed by atoms with Crippen LogP contribution in [0.3, 0.4) is 0 Å². The fourth-order valence-corrected chi connectivity index (χ4v) is 4.54. The summed E-state index contributed by atoms with van der Waals surface area (Å²) in [7, 11) is 0. The van der Waals surface area contributed by atoms with Crippen molar-refractivity contribution in [2.45, 2.75) is 26.8 Å². The van der Waals surface area contributed by atoms with E-state index in [1.165, 1.54) is 23.5 Å². The third-order valence-electron chi connectivity index (χ3n) is 5.74. The number of likely N-dealkylation sites (tertiary alicyclic amines) is 1. The highest BCUT2D eigenvalue weighted by Gasteiger charge is 2.29. The maximum Gasteiger partial charge on any atom is 0.277 e. The van der Waals surface area contributed by atoms with Gasteiger partial charge in [-0.05, 0) is 48.2 Å². The first-order valence-electron chi connectivity index (χ1n) is 10.3. The Balaban J connectivity index is 1.39. The number of piperazine rings is 1. The lowest BCUT2D eigenvalue weighted by Crippen LogP contribution is -3.16. The summed E-state index contributed by atoms with van der Waals surface area (Å²) in [6.07, 6.45) is 1.22. The Labute approximate surface area is 172 Å². The number of piperidine rings is 1. The number of hydrogen-bond donors (Lipinski definition) is 2. The largest absolute Gasteiger partial charge is 0.358 e. The van der Waals surface area contributed by atoms with Crippen LogP contribution in [0, 0.1) is 17.7 Å². The molecule has 1 aromatic rings. The molecule has 2 heterocycles. The summed E-state index contributed by atoms with van der Waals surface area (Å²) < 4.78 is 13.0. The number of carbonyl (C=O) groups is 1. The van der Waals surface area contributed by atoms with Crippen molar-refractivity contribution in [3.63, 3.8) is 0 Å². The van der Waals surface area contributed by atoms with E-state index in [-0.39, 0.29) is 5.82 Å². The first kappa shape index (κ1) is 21.0. The molecule has 2 fully saturated rings. The van der Waals surface area contributed by atoms with E-state index in [1.807, 2.05) is 0 Å². The van der Waals surface area contributed by atoms with Gasteiger partial charge in [0, 0.05) is 19.6 Å². The van der Waals surface area contributed by atoms with E-state index in [1.54, 1.807) is 12.1 Å². The molecule has 0 bridgehead atoms. The van der Waals surface area contributed by atoms with Crippen molar-refractivity contribution in [2.75, 3.05) is 45.8 Å². The second-order valence-electron chi connectivity index (χ2n) is 8.44. The van der Waals surface area contributed by atoms with Gasteiger partial charge in [0.2, 0.25) is 0 Å². The summed E-state index contributed by atoms with van der Waals surface area (Å²) in [5.74, 6) is 1.26. The minimum atomic E-state index is -0.228. The third kappa shape index (κ3) is 5.88. The number of benzene rings is 1. The predicted molar refractivity (Wildman–Crippen MR) is 112 cm³/mol. The molecule has 0 unspecified atom stereocenters. The third-order valence-corrected chi connectivity index (χ3v) is 6.14. The first-order valence-corrected chi connectivity index (χ1v) is 10.7. The van der Waals surface area contributed by atoms with E-state index in [4.69, 9.17) is 12.2 Å². The molecule has 0 saturated carbocycles. The molecule has 7 heteroatoms. The van der Waals surface area contributed by atoms with Gasteiger partial charge in [-0.2, -0.15) is 0 Å². The summed E-state index contributed by atoms with van der Waals surface area (Å²) >= 11 is 5.51. The van der Waals surface area contributed by atoms with Crippen LogP contribution >= 0.6 is 12.2 Å². The molecule has 28 heavy (non-hydrogen) atoms. The standard InChI is InChI=1S/C21H31FN4OS/c1-16-11-17(2)14-26(13-16)20(27)15-24-7-9-25(10-8-24)21(28)23-12-18-3-5-19(22)6-4-18/h3-6,16-17H,7-15H2,1-2H3,(H,23,28)/p+1/t16-,17-/m1/s1. The Morgan fingerprint density at radius 3 is 2.36 bits per heavy atom. The summed E-state index contributed by atoms with van der Waals surface area (Å²) in [5.41, 5.74) is 1.00. The lowest BCUT2D eigenvalue weighted by Gasteiger charge is -2.37. The van der Waals surface area contributed by atoms with Gasteiger partial charge in [-0.15, -0.1) is 0 Å². The second-order valence-corrected chi connectivity index (χ2v) is 8.83. The van der Waals surface area contributed by atoms with Gasteiger partial charge in [0.1, 0.15) is 5.82 Å².